The Morgan fingerprint density at radius 2 is 2.23 bits per heavy atom. The number of carbonyl (C=O) groups excluding carboxylic acids is 1. The van der Waals surface area contributed by atoms with Crippen LogP contribution >= 0.6 is 23.4 Å². The van der Waals surface area contributed by atoms with E-state index in [2.05, 4.69) is 10.5 Å². The molecule has 0 saturated heterocycles. The van der Waals surface area contributed by atoms with E-state index in [0.29, 0.717) is 12.2 Å². The summed E-state index contributed by atoms with van der Waals surface area (Å²) in [6.07, 6.45) is 0. The second-order valence-corrected chi connectivity index (χ2v) is 6.75. The van der Waals surface area contributed by atoms with Crippen molar-refractivity contribution in [3.8, 4) is 0 Å². The molecule has 6 heteroatoms. The molecule has 4 nitrogen and oxygen atoms in total. The molecule has 1 amide bonds. The van der Waals surface area contributed by atoms with Crippen LogP contribution in [0.2, 0.25) is 5.02 Å². The van der Waals surface area contributed by atoms with Crippen molar-refractivity contribution in [2.45, 2.75) is 25.5 Å². The van der Waals surface area contributed by atoms with E-state index in [1.165, 1.54) is 5.56 Å². The summed E-state index contributed by atoms with van der Waals surface area (Å²) in [6, 6.07) is 9.49. The summed E-state index contributed by atoms with van der Waals surface area (Å²) in [5, 5.41) is 7.37. The Morgan fingerprint density at radius 1 is 1.41 bits per heavy atom. The highest BCUT2D eigenvalue weighted by atomic mass is 35.5. The predicted molar refractivity (Wildman–Crippen MR) is 90.5 cm³/mol. The molecule has 0 aliphatic heterocycles. The summed E-state index contributed by atoms with van der Waals surface area (Å²) in [4.78, 5) is 11.9. The molecule has 0 spiro atoms. The number of amides is 1. The normalized spacial score (nSPS) is 10.9. The van der Waals surface area contributed by atoms with Gasteiger partial charge in [0.2, 0.25) is 0 Å². The molecule has 1 N–H and O–H groups in total. The van der Waals surface area contributed by atoms with Crippen LogP contribution < -0.4 is 5.32 Å². The van der Waals surface area contributed by atoms with E-state index in [0.717, 1.165) is 22.3 Å². The Labute approximate surface area is 139 Å². The summed E-state index contributed by atoms with van der Waals surface area (Å²) in [5.41, 5.74) is 1.52. The van der Waals surface area contributed by atoms with E-state index in [4.69, 9.17) is 16.1 Å². The van der Waals surface area contributed by atoms with Crippen LogP contribution in [0.1, 0.15) is 41.6 Å². The molecule has 0 saturated carbocycles. The van der Waals surface area contributed by atoms with Crippen LogP contribution in [0.3, 0.4) is 0 Å². The van der Waals surface area contributed by atoms with Gasteiger partial charge < -0.3 is 9.84 Å². The van der Waals surface area contributed by atoms with Gasteiger partial charge in [0.05, 0.1) is 0 Å². The smallest absolute Gasteiger partial charge is 0.273 e. The summed E-state index contributed by atoms with van der Waals surface area (Å²) >= 11 is 7.68. The number of hydrogen-bond donors (Lipinski definition) is 1. The van der Waals surface area contributed by atoms with Gasteiger partial charge in [-0.1, -0.05) is 42.7 Å². The van der Waals surface area contributed by atoms with E-state index in [9.17, 15) is 4.79 Å². The van der Waals surface area contributed by atoms with Crippen LogP contribution in [-0.4, -0.2) is 23.4 Å². The molecule has 0 fully saturated rings. The fourth-order valence-corrected chi connectivity index (χ4v) is 2.83. The molecule has 0 aliphatic rings. The second-order valence-electron chi connectivity index (χ2n) is 5.21. The highest BCUT2D eigenvalue weighted by molar-refractivity contribution is 7.98. The van der Waals surface area contributed by atoms with Crippen molar-refractivity contribution in [2.24, 2.45) is 0 Å². The zero-order valence-electron chi connectivity index (χ0n) is 12.6. The maximum Gasteiger partial charge on any atom is 0.273 e. The largest absolute Gasteiger partial charge is 0.360 e. The molecule has 118 valence electrons. The summed E-state index contributed by atoms with van der Waals surface area (Å²) in [5.74, 6) is 2.45. The molecule has 2 aromatic rings. The number of nitrogens with zero attached hydrogens (tertiary/aromatic N) is 1. The van der Waals surface area contributed by atoms with Crippen LogP contribution in [0, 0.1) is 0 Å². The average molecular weight is 339 g/mol. The van der Waals surface area contributed by atoms with E-state index in [1.807, 2.05) is 38.1 Å². The number of carbonyl (C=O) groups is 1. The van der Waals surface area contributed by atoms with E-state index in [-0.39, 0.29) is 11.8 Å². The summed E-state index contributed by atoms with van der Waals surface area (Å²) in [7, 11) is 0. The Hall–Kier alpha value is -1.46. The number of thioether (sulfide) groups is 1. The molecule has 22 heavy (non-hydrogen) atoms. The van der Waals surface area contributed by atoms with E-state index < -0.39 is 0 Å². The molecule has 0 bridgehead atoms. The molecule has 0 radical (unpaired) electrons. The van der Waals surface area contributed by atoms with Crippen molar-refractivity contribution in [1.82, 2.24) is 10.5 Å². The summed E-state index contributed by atoms with van der Waals surface area (Å²) < 4.78 is 5.12. The Bertz CT molecular complexity index is 628. The minimum absolute atomic E-state index is 0.195. The average Bonchev–Trinajstić information content (AvgIpc) is 2.97. The molecule has 0 aliphatic carbocycles. The van der Waals surface area contributed by atoms with Gasteiger partial charge in [-0.15, -0.1) is 0 Å². The molecule has 2 rings (SSSR count). The van der Waals surface area contributed by atoms with Gasteiger partial charge in [-0.2, -0.15) is 11.8 Å². The first-order valence-electron chi connectivity index (χ1n) is 7.13. The molecular formula is C16H19ClN2O2S. The highest BCUT2D eigenvalue weighted by Crippen LogP contribution is 2.16. The number of benzene rings is 1. The minimum Gasteiger partial charge on any atom is -0.360 e. The fraction of sp³-hybridized carbons (Fsp3) is 0.375. The third-order valence-corrected chi connectivity index (χ3v) is 4.29. The molecule has 0 unspecified atom stereocenters. The van der Waals surface area contributed by atoms with Crippen LogP contribution in [-0.2, 0) is 5.75 Å². The molecule has 0 atom stereocenters. The lowest BCUT2D eigenvalue weighted by molar-refractivity contribution is 0.0947. The van der Waals surface area contributed by atoms with Crippen LogP contribution in [0.4, 0.5) is 0 Å². The first-order chi connectivity index (χ1) is 10.6. The van der Waals surface area contributed by atoms with Gasteiger partial charge >= 0.3 is 0 Å². The molecule has 1 aromatic carbocycles. The maximum atomic E-state index is 11.9. The SMILES string of the molecule is CC(C)c1cc(C(=O)NCCSCc2cccc(Cl)c2)no1. The van der Waals surface area contributed by atoms with Crippen molar-refractivity contribution in [1.29, 1.82) is 0 Å². The quantitative estimate of drug-likeness (QED) is 0.772. The number of hydrogen-bond acceptors (Lipinski definition) is 4. The van der Waals surface area contributed by atoms with Gasteiger partial charge in [0.25, 0.3) is 5.91 Å². The first kappa shape index (κ1) is 16.9. The van der Waals surface area contributed by atoms with Crippen LogP contribution in [0.25, 0.3) is 0 Å². The van der Waals surface area contributed by atoms with Crippen LogP contribution in [0.5, 0.6) is 0 Å². The lowest BCUT2D eigenvalue weighted by atomic mass is 10.1. The second kappa shape index (κ2) is 8.25. The Morgan fingerprint density at radius 3 is 2.91 bits per heavy atom. The number of rotatable bonds is 7. The predicted octanol–water partition coefficient (Wildman–Crippen LogP) is 4.11. The van der Waals surface area contributed by atoms with Gasteiger partial charge in [-0.3, -0.25) is 4.79 Å². The van der Waals surface area contributed by atoms with Crippen LogP contribution in [0.15, 0.2) is 34.9 Å². The van der Waals surface area contributed by atoms with Crippen molar-refractivity contribution in [2.75, 3.05) is 12.3 Å². The minimum atomic E-state index is -0.195. The molecule has 1 aromatic heterocycles. The number of aromatic nitrogens is 1. The monoisotopic (exact) mass is 338 g/mol. The van der Waals surface area contributed by atoms with Crippen molar-refractivity contribution < 1.29 is 9.32 Å². The van der Waals surface area contributed by atoms with Gasteiger partial charge in [0.15, 0.2) is 5.69 Å². The van der Waals surface area contributed by atoms with Gasteiger partial charge in [0.1, 0.15) is 5.76 Å². The third-order valence-electron chi connectivity index (χ3n) is 3.02. The van der Waals surface area contributed by atoms with E-state index >= 15 is 0 Å². The number of halogens is 1. The van der Waals surface area contributed by atoms with Gasteiger partial charge in [-0.25, -0.2) is 0 Å². The lowest BCUT2D eigenvalue weighted by Crippen LogP contribution is -2.26. The molecule has 1 heterocycles. The number of nitrogens with one attached hydrogen (secondary N) is 1. The lowest BCUT2D eigenvalue weighted by Gasteiger charge is -2.04. The van der Waals surface area contributed by atoms with Crippen molar-refractivity contribution in [3.05, 3.63) is 52.4 Å². The van der Waals surface area contributed by atoms with Gasteiger partial charge in [0, 0.05) is 35.1 Å². The van der Waals surface area contributed by atoms with E-state index in [1.54, 1.807) is 17.8 Å². The van der Waals surface area contributed by atoms with Crippen molar-refractivity contribution in [3.63, 3.8) is 0 Å². The Kier molecular flexibility index (Phi) is 6.34. The zero-order valence-corrected chi connectivity index (χ0v) is 14.2. The third kappa shape index (κ3) is 5.07. The van der Waals surface area contributed by atoms with Gasteiger partial charge in [-0.05, 0) is 17.7 Å². The standard InChI is InChI=1S/C16H19ClN2O2S/c1-11(2)15-9-14(19-21-15)16(20)18-6-7-22-10-12-4-3-5-13(17)8-12/h3-5,8-9,11H,6-7,10H2,1-2H3,(H,18,20). The first-order valence-corrected chi connectivity index (χ1v) is 8.66. The molecular weight excluding hydrogens is 320 g/mol. The topological polar surface area (TPSA) is 55.1 Å². The fourth-order valence-electron chi connectivity index (χ4n) is 1.81. The van der Waals surface area contributed by atoms with Crippen molar-refractivity contribution >= 4 is 29.3 Å². The maximum absolute atomic E-state index is 11.9. The highest BCUT2D eigenvalue weighted by Gasteiger charge is 2.13. The zero-order chi connectivity index (χ0) is 15.9. The Balaban J connectivity index is 1.68. The summed E-state index contributed by atoms with van der Waals surface area (Å²) in [6.45, 7) is 4.58.